The monoisotopic (exact) mass is 306 g/mol. The Morgan fingerprint density at radius 3 is 2.57 bits per heavy atom. The second-order valence-electron chi connectivity index (χ2n) is 4.69. The largest absolute Gasteiger partial charge is 0.346 e. The number of carbonyl (C=O) groups is 1. The molecule has 21 heavy (non-hydrogen) atoms. The Morgan fingerprint density at radius 2 is 1.86 bits per heavy atom. The summed E-state index contributed by atoms with van der Waals surface area (Å²) >= 11 is 5.78. The van der Waals surface area contributed by atoms with Crippen molar-refractivity contribution in [1.29, 1.82) is 0 Å². The molecule has 3 rings (SSSR count). The van der Waals surface area contributed by atoms with Crippen LogP contribution in [-0.2, 0) is 9.47 Å². The molecule has 108 valence electrons. The van der Waals surface area contributed by atoms with Gasteiger partial charge < -0.3 is 9.47 Å². The van der Waals surface area contributed by atoms with Gasteiger partial charge in [-0.1, -0.05) is 29.8 Å². The molecule has 1 fully saturated rings. The first-order valence-electron chi connectivity index (χ1n) is 6.47. The van der Waals surface area contributed by atoms with Crippen molar-refractivity contribution in [3.05, 3.63) is 70.0 Å². The average molecular weight is 307 g/mol. The molecule has 5 heteroatoms. The molecule has 0 atom stereocenters. The quantitative estimate of drug-likeness (QED) is 0.810. The van der Waals surface area contributed by atoms with Crippen molar-refractivity contribution in [2.24, 2.45) is 0 Å². The summed E-state index contributed by atoms with van der Waals surface area (Å²) in [7, 11) is 0. The summed E-state index contributed by atoms with van der Waals surface area (Å²) in [5.74, 6) is -0.833. The predicted octanol–water partition coefficient (Wildman–Crippen LogP) is 3.76. The number of hydrogen-bond acceptors (Lipinski definition) is 3. The van der Waals surface area contributed by atoms with E-state index >= 15 is 0 Å². The maximum absolute atomic E-state index is 13.4. The van der Waals surface area contributed by atoms with E-state index in [4.69, 9.17) is 21.1 Å². The maximum atomic E-state index is 13.4. The molecule has 1 heterocycles. The van der Waals surface area contributed by atoms with Crippen molar-refractivity contribution in [2.75, 3.05) is 13.2 Å². The Morgan fingerprint density at radius 1 is 1.10 bits per heavy atom. The lowest BCUT2D eigenvalue weighted by molar-refractivity contribution is -0.0441. The smallest absolute Gasteiger partial charge is 0.193 e. The van der Waals surface area contributed by atoms with E-state index < -0.39 is 12.1 Å². The minimum absolute atomic E-state index is 0.192. The van der Waals surface area contributed by atoms with Gasteiger partial charge in [0.1, 0.15) is 5.82 Å². The second kappa shape index (κ2) is 5.93. The van der Waals surface area contributed by atoms with E-state index in [1.807, 2.05) is 6.07 Å². The third kappa shape index (κ3) is 3.13. The molecule has 0 radical (unpaired) electrons. The van der Waals surface area contributed by atoms with Crippen molar-refractivity contribution in [3.8, 4) is 0 Å². The molecule has 1 saturated heterocycles. The molecule has 3 nitrogen and oxygen atoms in total. The van der Waals surface area contributed by atoms with Crippen LogP contribution in [0.4, 0.5) is 4.39 Å². The van der Waals surface area contributed by atoms with Gasteiger partial charge in [-0.3, -0.25) is 4.79 Å². The SMILES string of the molecule is O=C(c1cc(F)cc(Cl)c1)c1cccc(C2OCCO2)c1. The highest BCUT2D eigenvalue weighted by Crippen LogP contribution is 2.25. The predicted molar refractivity (Wildman–Crippen MR) is 75.9 cm³/mol. The van der Waals surface area contributed by atoms with Gasteiger partial charge in [0, 0.05) is 21.7 Å². The number of ketones is 1. The van der Waals surface area contributed by atoms with Crippen LogP contribution >= 0.6 is 11.6 Å². The van der Waals surface area contributed by atoms with Gasteiger partial charge in [-0.05, 0) is 24.3 Å². The normalized spacial score (nSPS) is 15.3. The van der Waals surface area contributed by atoms with Gasteiger partial charge in [-0.15, -0.1) is 0 Å². The van der Waals surface area contributed by atoms with Crippen LogP contribution in [0, 0.1) is 5.82 Å². The van der Waals surface area contributed by atoms with E-state index in [2.05, 4.69) is 0 Å². The van der Waals surface area contributed by atoms with E-state index in [0.29, 0.717) is 18.8 Å². The lowest BCUT2D eigenvalue weighted by Gasteiger charge is -2.10. The van der Waals surface area contributed by atoms with Crippen LogP contribution in [0.3, 0.4) is 0 Å². The molecule has 0 saturated carbocycles. The standard InChI is InChI=1S/C16H12ClFO3/c17-13-7-12(8-14(18)9-13)15(19)10-2-1-3-11(6-10)16-20-4-5-21-16/h1-3,6-9,16H,4-5H2. The van der Waals surface area contributed by atoms with Crippen LogP contribution < -0.4 is 0 Å². The van der Waals surface area contributed by atoms with Gasteiger partial charge in [-0.25, -0.2) is 4.39 Å². The number of benzene rings is 2. The van der Waals surface area contributed by atoms with Gasteiger partial charge in [-0.2, -0.15) is 0 Å². The van der Waals surface area contributed by atoms with Crippen LogP contribution in [0.1, 0.15) is 27.8 Å². The molecule has 0 unspecified atom stereocenters. The third-order valence-corrected chi connectivity index (χ3v) is 3.39. The lowest BCUT2D eigenvalue weighted by Crippen LogP contribution is -2.05. The van der Waals surface area contributed by atoms with E-state index in [-0.39, 0.29) is 16.4 Å². The summed E-state index contributed by atoms with van der Waals surface area (Å²) in [5.41, 5.74) is 1.42. The Kier molecular flexibility index (Phi) is 4.01. The zero-order valence-electron chi connectivity index (χ0n) is 11.0. The minimum atomic E-state index is -0.538. The first kappa shape index (κ1) is 14.2. The molecule has 1 aliphatic heterocycles. The van der Waals surface area contributed by atoms with Gasteiger partial charge in [0.15, 0.2) is 12.1 Å². The summed E-state index contributed by atoms with van der Waals surface area (Å²) < 4.78 is 24.2. The van der Waals surface area contributed by atoms with E-state index in [0.717, 1.165) is 11.6 Å². The second-order valence-corrected chi connectivity index (χ2v) is 5.12. The minimum Gasteiger partial charge on any atom is -0.346 e. The summed E-state index contributed by atoms with van der Waals surface area (Å²) in [6, 6.07) is 10.7. The Labute approximate surface area is 126 Å². The molecule has 0 aromatic heterocycles. The van der Waals surface area contributed by atoms with Gasteiger partial charge in [0.05, 0.1) is 13.2 Å². The van der Waals surface area contributed by atoms with Crippen LogP contribution in [-0.4, -0.2) is 19.0 Å². The molecule has 1 aliphatic rings. The Bertz CT molecular complexity index is 661. The summed E-state index contributed by atoms with van der Waals surface area (Å²) in [6.07, 6.45) is -0.450. The molecular weight excluding hydrogens is 295 g/mol. The highest BCUT2D eigenvalue weighted by atomic mass is 35.5. The van der Waals surface area contributed by atoms with E-state index in [1.165, 1.54) is 12.1 Å². The number of carbonyl (C=O) groups excluding carboxylic acids is 1. The fraction of sp³-hybridized carbons (Fsp3) is 0.188. The van der Waals surface area contributed by atoms with Gasteiger partial charge in [0.2, 0.25) is 0 Å². The number of ether oxygens (including phenoxy) is 2. The first-order valence-corrected chi connectivity index (χ1v) is 6.85. The van der Waals surface area contributed by atoms with Crippen molar-refractivity contribution in [3.63, 3.8) is 0 Å². The van der Waals surface area contributed by atoms with Crippen molar-refractivity contribution < 1.29 is 18.7 Å². The van der Waals surface area contributed by atoms with E-state index in [9.17, 15) is 9.18 Å². The number of halogens is 2. The van der Waals surface area contributed by atoms with Gasteiger partial charge in [0.25, 0.3) is 0 Å². The Hall–Kier alpha value is -1.75. The van der Waals surface area contributed by atoms with Crippen molar-refractivity contribution in [2.45, 2.75) is 6.29 Å². The molecular formula is C16H12ClFO3. The maximum Gasteiger partial charge on any atom is 0.193 e. The van der Waals surface area contributed by atoms with Crippen LogP contribution in [0.25, 0.3) is 0 Å². The fourth-order valence-electron chi connectivity index (χ4n) is 2.23. The molecule has 2 aromatic carbocycles. The van der Waals surface area contributed by atoms with Crippen molar-refractivity contribution in [1.82, 2.24) is 0 Å². The summed E-state index contributed by atoms with van der Waals surface area (Å²) in [5, 5.41) is 0.192. The van der Waals surface area contributed by atoms with Gasteiger partial charge >= 0.3 is 0 Å². The number of rotatable bonds is 3. The summed E-state index contributed by atoms with van der Waals surface area (Å²) in [4.78, 5) is 12.4. The van der Waals surface area contributed by atoms with Crippen molar-refractivity contribution >= 4 is 17.4 Å². The van der Waals surface area contributed by atoms with E-state index in [1.54, 1.807) is 18.2 Å². The fourth-order valence-corrected chi connectivity index (χ4v) is 2.45. The molecule has 0 spiro atoms. The first-order chi connectivity index (χ1) is 10.1. The third-order valence-electron chi connectivity index (χ3n) is 3.17. The number of hydrogen-bond donors (Lipinski definition) is 0. The highest BCUT2D eigenvalue weighted by molar-refractivity contribution is 6.31. The lowest BCUT2D eigenvalue weighted by atomic mass is 10.0. The average Bonchev–Trinajstić information content (AvgIpc) is 3.00. The molecule has 0 aliphatic carbocycles. The van der Waals surface area contributed by atoms with Crippen LogP contribution in [0.15, 0.2) is 42.5 Å². The molecule has 2 aromatic rings. The van der Waals surface area contributed by atoms with Crippen LogP contribution in [0.5, 0.6) is 0 Å². The highest BCUT2D eigenvalue weighted by Gasteiger charge is 2.20. The zero-order chi connectivity index (χ0) is 14.8. The Balaban J connectivity index is 1.92. The molecule has 0 amide bonds. The van der Waals surface area contributed by atoms with Crippen LogP contribution in [0.2, 0.25) is 5.02 Å². The molecule has 0 bridgehead atoms. The summed E-state index contributed by atoms with van der Waals surface area (Å²) in [6.45, 7) is 1.06. The molecule has 0 N–H and O–H groups in total. The zero-order valence-corrected chi connectivity index (χ0v) is 11.8. The topological polar surface area (TPSA) is 35.5 Å².